The zero-order chi connectivity index (χ0) is 15.7. The van der Waals surface area contributed by atoms with Gasteiger partial charge in [0, 0.05) is 18.7 Å². The number of benzene rings is 1. The van der Waals surface area contributed by atoms with Crippen molar-refractivity contribution >= 4 is 0 Å². The quantitative estimate of drug-likeness (QED) is 0.704. The van der Waals surface area contributed by atoms with E-state index in [2.05, 4.69) is 57.3 Å². The fourth-order valence-corrected chi connectivity index (χ4v) is 1.97. The molecule has 0 saturated carbocycles. The van der Waals surface area contributed by atoms with Crippen LogP contribution in [0, 0.1) is 0 Å². The van der Waals surface area contributed by atoms with E-state index < -0.39 is 0 Å². The van der Waals surface area contributed by atoms with Crippen molar-refractivity contribution in [3.8, 4) is 0 Å². The van der Waals surface area contributed by atoms with Crippen molar-refractivity contribution in [3.63, 3.8) is 0 Å². The van der Waals surface area contributed by atoms with Gasteiger partial charge in [-0.25, -0.2) is 0 Å². The van der Waals surface area contributed by atoms with Crippen LogP contribution in [0.25, 0.3) is 0 Å². The summed E-state index contributed by atoms with van der Waals surface area (Å²) in [6.45, 7) is 14.6. The lowest BCUT2D eigenvalue weighted by atomic mass is 9.98. The van der Waals surface area contributed by atoms with Crippen LogP contribution in [0.2, 0.25) is 0 Å². The normalized spacial score (nSPS) is 13.4. The van der Waals surface area contributed by atoms with Crippen molar-refractivity contribution < 1.29 is 9.47 Å². The molecule has 1 rings (SSSR count). The summed E-state index contributed by atoms with van der Waals surface area (Å²) in [7, 11) is 0. The molecule has 120 valence electrons. The van der Waals surface area contributed by atoms with Crippen LogP contribution in [0.3, 0.4) is 0 Å². The second-order valence-electron chi connectivity index (χ2n) is 6.52. The second kappa shape index (κ2) is 9.19. The van der Waals surface area contributed by atoms with Crippen molar-refractivity contribution in [2.45, 2.75) is 52.7 Å². The number of hydrogen-bond donors (Lipinski definition) is 1. The molecule has 0 heterocycles. The molecule has 3 heteroatoms. The Morgan fingerprint density at radius 2 is 1.67 bits per heavy atom. The number of ether oxygens (including phenoxy) is 2. The number of nitrogens with one attached hydrogen (secondary N) is 1. The molecule has 1 unspecified atom stereocenters. The van der Waals surface area contributed by atoms with Crippen molar-refractivity contribution in [2.24, 2.45) is 0 Å². The van der Waals surface area contributed by atoms with Crippen molar-refractivity contribution in [1.82, 2.24) is 5.32 Å². The first-order valence-electron chi connectivity index (χ1n) is 7.91. The summed E-state index contributed by atoms with van der Waals surface area (Å²) in [5, 5.41) is 3.55. The van der Waals surface area contributed by atoms with Gasteiger partial charge in [0.1, 0.15) is 0 Å². The number of hydrogen-bond acceptors (Lipinski definition) is 3. The first kappa shape index (κ1) is 18.1. The summed E-state index contributed by atoms with van der Waals surface area (Å²) >= 11 is 0. The molecule has 0 spiro atoms. The van der Waals surface area contributed by atoms with E-state index in [9.17, 15) is 0 Å². The van der Waals surface area contributed by atoms with Gasteiger partial charge in [0.05, 0.1) is 19.8 Å². The van der Waals surface area contributed by atoms with Crippen LogP contribution in [-0.4, -0.2) is 31.9 Å². The van der Waals surface area contributed by atoms with Crippen molar-refractivity contribution in [2.75, 3.05) is 26.4 Å². The molecule has 0 amide bonds. The predicted octanol–water partition coefficient (Wildman–Crippen LogP) is 3.73. The molecule has 1 N–H and O–H groups in total. The minimum atomic E-state index is 0.169. The van der Waals surface area contributed by atoms with Gasteiger partial charge in [-0.05, 0) is 44.7 Å². The smallest absolute Gasteiger partial charge is 0.0718 e. The monoisotopic (exact) mass is 293 g/mol. The largest absolute Gasteiger partial charge is 0.379 e. The zero-order valence-corrected chi connectivity index (χ0v) is 14.2. The second-order valence-corrected chi connectivity index (χ2v) is 6.52. The van der Waals surface area contributed by atoms with Crippen LogP contribution >= 0.6 is 0 Å². The Hall–Kier alpha value is -0.900. The zero-order valence-electron chi connectivity index (χ0n) is 14.2. The van der Waals surface area contributed by atoms with Crippen molar-refractivity contribution in [1.29, 1.82) is 0 Å². The van der Waals surface area contributed by atoms with E-state index in [1.54, 1.807) is 0 Å². The van der Waals surface area contributed by atoms with Gasteiger partial charge in [-0.3, -0.25) is 0 Å². The van der Waals surface area contributed by atoms with Crippen LogP contribution in [0.5, 0.6) is 0 Å². The van der Waals surface area contributed by atoms with E-state index in [4.69, 9.17) is 9.47 Å². The van der Waals surface area contributed by atoms with Crippen molar-refractivity contribution in [3.05, 3.63) is 35.4 Å². The minimum Gasteiger partial charge on any atom is -0.379 e. The van der Waals surface area contributed by atoms with Crippen LogP contribution < -0.4 is 5.32 Å². The molecule has 1 atom stereocenters. The average Bonchev–Trinajstić information content (AvgIpc) is 2.44. The van der Waals surface area contributed by atoms with Crippen LogP contribution in [0.4, 0.5) is 0 Å². The maximum absolute atomic E-state index is 5.58. The maximum Gasteiger partial charge on any atom is 0.0718 e. The van der Waals surface area contributed by atoms with Crippen LogP contribution in [0.15, 0.2) is 24.3 Å². The van der Waals surface area contributed by atoms with Gasteiger partial charge in [0.15, 0.2) is 0 Å². The summed E-state index contributed by atoms with van der Waals surface area (Å²) in [4.78, 5) is 0. The standard InChI is InChI=1S/C18H31NO2/c1-6-20-11-12-21-14-16-7-9-17(10-8-16)15(2)13-19-18(3,4)5/h7-10,15,19H,6,11-14H2,1-5H3. The third-order valence-corrected chi connectivity index (χ3v) is 3.33. The molecule has 0 bridgehead atoms. The molecule has 1 aromatic carbocycles. The van der Waals surface area contributed by atoms with Crippen LogP contribution in [-0.2, 0) is 16.1 Å². The number of rotatable bonds is 9. The maximum atomic E-state index is 5.58. The summed E-state index contributed by atoms with van der Waals surface area (Å²) in [6, 6.07) is 8.72. The molecule has 0 radical (unpaired) electrons. The van der Waals surface area contributed by atoms with Gasteiger partial charge in [-0.1, -0.05) is 31.2 Å². The lowest BCUT2D eigenvalue weighted by Crippen LogP contribution is -2.38. The third-order valence-electron chi connectivity index (χ3n) is 3.33. The minimum absolute atomic E-state index is 0.169. The van der Waals surface area contributed by atoms with Gasteiger partial charge in [-0.15, -0.1) is 0 Å². The van der Waals surface area contributed by atoms with E-state index in [-0.39, 0.29) is 5.54 Å². The Morgan fingerprint density at radius 3 is 2.24 bits per heavy atom. The molecule has 0 fully saturated rings. The predicted molar refractivity (Wildman–Crippen MR) is 88.8 cm³/mol. The molecule has 0 aromatic heterocycles. The Balaban J connectivity index is 2.35. The van der Waals surface area contributed by atoms with Crippen LogP contribution in [0.1, 0.15) is 51.7 Å². The molecular formula is C18H31NO2. The van der Waals surface area contributed by atoms with E-state index in [0.717, 1.165) is 13.2 Å². The summed E-state index contributed by atoms with van der Waals surface area (Å²) in [5.74, 6) is 0.511. The summed E-state index contributed by atoms with van der Waals surface area (Å²) in [6.07, 6.45) is 0. The fourth-order valence-electron chi connectivity index (χ4n) is 1.97. The highest BCUT2D eigenvalue weighted by Crippen LogP contribution is 2.16. The Bertz CT molecular complexity index is 381. The van der Waals surface area contributed by atoms with E-state index in [1.807, 2.05) is 6.92 Å². The Kier molecular flexibility index (Phi) is 7.94. The SMILES string of the molecule is CCOCCOCc1ccc(C(C)CNC(C)(C)C)cc1. The molecule has 0 aliphatic rings. The van der Waals surface area contributed by atoms with E-state index >= 15 is 0 Å². The Labute approximate surface area is 130 Å². The fraction of sp³-hybridized carbons (Fsp3) is 0.667. The lowest BCUT2D eigenvalue weighted by molar-refractivity contribution is 0.0453. The first-order valence-corrected chi connectivity index (χ1v) is 7.91. The molecular weight excluding hydrogens is 262 g/mol. The molecule has 21 heavy (non-hydrogen) atoms. The van der Waals surface area contributed by atoms with Gasteiger partial charge < -0.3 is 14.8 Å². The highest BCUT2D eigenvalue weighted by Gasteiger charge is 2.12. The summed E-state index contributed by atoms with van der Waals surface area (Å²) < 4.78 is 10.8. The highest BCUT2D eigenvalue weighted by molar-refractivity contribution is 5.25. The molecule has 0 aliphatic carbocycles. The highest BCUT2D eigenvalue weighted by atomic mass is 16.5. The lowest BCUT2D eigenvalue weighted by Gasteiger charge is -2.23. The Morgan fingerprint density at radius 1 is 1.05 bits per heavy atom. The molecule has 1 aromatic rings. The molecule has 3 nitrogen and oxygen atoms in total. The van der Waals surface area contributed by atoms with Gasteiger partial charge >= 0.3 is 0 Å². The summed E-state index contributed by atoms with van der Waals surface area (Å²) in [5.41, 5.74) is 2.75. The van der Waals surface area contributed by atoms with Gasteiger partial charge in [0.25, 0.3) is 0 Å². The average molecular weight is 293 g/mol. The molecule has 0 aliphatic heterocycles. The third kappa shape index (κ3) is 8.20. The molecule has 0 saturated heterocycles. The first-order chi connectivity index (χ1) is 9.92. The van der Waals surface area contributed by atoms with E-state index in [0.29, 0.717) is 25.7 Å². The van der Waals surface area contributed by atoms with Gasteiger partial charge in [0.2, 0.25) is 0 Å². The van der Waals surface area contributed by atoms with E-state index in [1.165, 1.54) is 11.1 Å². The topological polar surface area (TPSA) is 30.5 Å². The van der Waals surface area contributed by atoms with Gasteiger partial charge in [-0.2, -0.15) is 0 Å².